The van der Waals surface area contributed by atoms with E-state index in [0.717, 1.165) is 5.69 Å². The summed E-state index contributed by atoms with van der Waals surface area (Å²) in [4.78, 5) is 11.7. The summed E-state index contributed by atoms with van der Waals surface area (Å²) in [5.41, 5.74) is 1.84. The van der Waals surface area contributed by atoms with E-state index in [9.17, 15) is 9.18 Å². The van der Waals surface area contributed by atoms with Crippen LogP contribution < -0.4 is 5.32 Å². The van der Waals surface area contributed by atoms with Gasteiger partial charge in [0, 0.05) is 12.2 Å². The number of aromatic nitrogens is 2. The summed E-state index contributed by atoms with van der Waals surface area (Å²) in [5, 5.41) is 9.21. The number of halogens is 1. The van der Waals surface area contributed by atoms with Gasteiger partial charge in [0.2, 0.25) is 0 Å². The molecule has 0 bridgehead atoms. The van der Waals surface area contributed by atoms with Crippen LogP contribution in [-0.4, -0.2) is 22.6 Å². The minimum Gasteiger partial charge on any atom is -0.352 e. The number of rotatable bonds is 4. The summed E-state index contributed by atoms with van der Waals surface area (Å²) in [5.74, 6) is -0.441. The molecule has 18 heavy (non-hydrogen) atoms. The molecular weight excluding hydrogens is 233 g/mol. The number of hydrogen-bond donors (Lipinski definition) is 2. The van der Waals surface area contributed by atoms with Crippen LogP contribution in [0.3, 0.4) is 0 Å². The van der Waals surface area contributed by atoms with Gasteiger partial charge in [-0.2, -0.15) is 5.10 Å². The molecule has 0 aliphatic heterocycles. The van der Waals surface area contributed by atoms with E-state index in [1.807, 2.05) is 0 Å². The highest BCUT2D eigenvalue weighted by molar-refractivity contribution is 5.94. The Hall–Kier alpha value is -2.17. The van der Waals surface area contributed by atoms with Crippen molar-refractivity contribution in [2.75, 3.05) is 6.54 Å². The fraction of sp³-hybridized carbons (Fsp3) is 0.231. The molecule has 4 nitrogen and oxygen atoms in total. The van der Waals surface area contributed by atoms with E-state index >= 15 is 0 Å². The maximum absolute atomic E-state index is 13.3. The molecule has 2 rings (SSSR count). The first-order valence-corrected chi connectivity index (χ1v) is 5.70. The molecule has 0 atom stereocenters. The van der Waals surface area contributed by atoms with Gasteiger partial charge in [-0.05, 0) is 25.0 Å². The van der Waals surface area contributed by atoms with Gasteiger partial charge in [0.15, 0.2) is 0 Å². The third-order valence-corrected chi connectivity index (χ3v) is 2.71. The third kappa shape index (κ3) is 2.74. The summed E-state index contributed by atoms with van der Waals surface area (Å²) in [6.07, 6.45) is 1.95. The monoisotopic (exact) mass is 247 g/mol. The van der Waals surface area contributed by atoms with Crippen LogP contribution in [0.4, 0.5) is 4.39 Å². The van der Waals surface area contributed by atoms with Gasteiger partial charge in [0.25, 0.3) is 5.91 Å². The van der Waals surface area contributed by atoms with Crippen LogP contribution in [-0.2, 0) is 6.42 Å². The average molecular weight is 247 g/mol. The molecule has 0 saturated carbocycles. The standard InChI is InChI=1S/C13H14FN3O/c1-9-11(8-16-17-9)13(18)15-7-6-10-4-2-3-5-12(10)14/h2-5,8H,6-7H2,1H3,(H,15,18)(H,16,17). The van der Waals surface area contributed by atoms with E-state index in [2.05, 4.69) is 15.5 Å². The molecule has 1 aromatic heterocycles. The Labute approximate surface area is 104 Å². The molecule has 94 valence electrons. The lowest BCUT2D eigenvalue weighted by molar-refractivity contribution is 0.0953. The number of benzene rings is 1. The molecule has 0 saturated heterocycles. The van der Waals surface area contributed by atoms with Crippen LogP contribution in [0.15, 0.2) is 30.5 Å². The number of aromatic amines is 1. The fourth-order valence-electron chi connectivity index (χ4n) is 1.69. The molecule has 5 heteroatoms. The zero-order valence-electron chi connectivity index (χ0n) is 10.0. The van der Waals surface area contributed by atoms with Crippen molar-refractivity contribution in [1.82, 2.24) is 15.5 Å². The summed E-state index contributed by atoms with van der Waals surface area (Å²) in [7, 11) is 0. The molecule has 1 aromatic carbocycles. The van der Waals surface area contributed by atoms with Gasteiger partial charge < -0.3 is 5.32 Å². The van der Waals surface area contributed by atoms with Crippen LogP contribution in [0.5, 0.6) is 0 Å². The van der Waals surface area contributed by atoms with Crippen LogP contribution in [0.2, 0.25) is 0 Å². The number of carbonyl (C=O) groups is 1. The van der Waals surface area contributed by atoms with Gasteiger partial charge in [0.05, 0.1) is 11.8 Å². The van der Waals surface area contributed by atoms with Crippen molar-refractivity contribution in [1.29, 1.82) is 0 Å². The second kappa shape index (κ2) is 5.44. The van der Waals surface area contributed by atoms with Gasteiger partial charge in [-0.25, -0.2) is 4.39 Å². The second-order valence-electron chi connectivity index (χ2n) is 4.01. The Balaban J connectivity index is 1.88. The van der Waals surface area contributed by atoms with Crippen LogP contribution >= 0.6 is 0 Å². The van der Waals surface area contributed by atoms with Crippen LogP contribution in [0.25, 0.3) is 0 Å². The van der Waals surface area contributed by atoms with Gasteiger partial charge in [-0.15, -0.1) is 0 Å². The number of nitrogens with one attached hydrogen (secondary N) is 2. The van der Waals surface area contributed by atoms with E-state index in [0.29, 0.717) is 24.1 Å². The number of H-pyrrole nitrogens is 1. The van der Waals surface area contributed by atoms with Crippen molar-refractivity contribution in [3.63, 3.8) is 0 Å². The lowest BCUT2D eigenvalue weighted by Crippen LogP contribution is -2.26. The Morgan fingerprint density at radius 3 is 2.89 bits per heavy atom. The third-order valence-electron chi connectivity index (χ3n) is 2.71. The number of aryl methyl sites for hydroxylation is 1. The smallest absolute Gasteiger partial charge is 0.254 e. The van der Waals surface area contributed by atoms with Crippen molar-refractivity contribution in [3.8, 4) is 0 Å². The zero-order chi connectivity index (χ0) is 13.0. The molecule has 2 aromatic rings. The van der Waals surface area contributed by atoms with Crippen LogP contribution in [0, 0.1) is 12.7 Å². The van der Waals surface area contributed by atoms with E-state index < -0.39 is 0 Å². The molecule has 0 radical (unpaired) electrons. The highest BCUT2D eigenvalue weighted by Gasteiger charge is 2.10. The molecule has 0 aliphatic carbocycles. The van der Waals surface area contributed by atoms with Crippen molar-refractivity contribution in [3.05, 3.63) is 53.1 Å². The molecule has 2 N–H and O–H groups in total. The molecule has 1 heterocycles. The minimum absolute atomic E-state index is 0.197. The van der Waals surface area contributed by atoms with E-state index in [1.165, 1.54) is 12.3 Å². The van der Waals surface area contributed by atoms with Crippen LogP contribution in [0.1, 0.15) is 21.6 Å². The van der Waals surface area contributed by atoms with E-state index in [-0.39, 0.29) is 11.7 Å². The SMILES string of the molecule is Cc1[nH]ncc1C(=O)NCCc1ccccc1F. The Kier molecular flexibility index (Phi) is 3.72. The molecular formula is C13H14FN3O. The van der Waals surface area contributed by atoms with Gasteiger partial charge in [-0.3, -0.25) is 9.89 Å². The van der Waals surface area contributed by atoms with Gasteiger partial charge in [-0.1, -0.05) is 18.2 Å². The minimum atomic E-state index is -0.244. The molecule has 0 spiro atoms. The molecule has 0 unspecified atom stereocenters. The van der Waals surface area contributed by atoms with E-state index in [1.54, 1.807) is 25.1 Å². The average Bonchev–Trinajstić information content (AvgIpc) is 2.78. The normalized spacial score (nSPS) is 10.3. The highest BCUT2D eigenvalue weighted by atomic mass is 19.1. The number of nitrogens with zero attached hydrogens (tertiary/aromatic N) is 1. The summed E-state index contributed by atoms with van der Waals surface area (Å²) in [6, 6.07) is 6.55. The van der Waals surface area contributed by atoms with E-state index in [4.69, 9.17) is 0 Å². The molecule has 0 fully saturated rings. The Morgan fingerprint density at radius 1 is 1.44 bits per heavy atom. The van der Waals surface area contributed by atoms with Crippen molar-refractivity contribution in [2.45, 2.75) is 13.3 Å². The van der Waals surface area contributed by atoms with Gasteiger partial charge >= 0.3 is 0 Å². The lowest BCUT2D eigenvalue weighted by atomic mass is 10.1. The summed E-state index contributed by atoms with van der Waals surface area (Å²) < 4.78 is 13.3. The highest BCUT2D eigenvalue weighted by Crippen LogP contribution is 2.07. The number of hydrogen-bond acceptors (Lipinski definition) is 2. The maximum atomic E-state index is 13.3. The zero-order valence-corrected chi connectivity index (χ0v) is 10.0. The molecule has 1 amide bonds. The summed E-state index contributed by atoms with van der Waals surface area (Å²) >= 11 is 0. The largest absolute Gasteiger partial charge is 0.352 e. The van der Waals surface area contributed by atoms with Crippen molar-refractivity contribution in [2.24, 2.45) is 0 Å². The van der Waals surface area contributed by atoms with Gasteiger partial charge in [0.1, 0.15) is 5.82 Å². The first kappa shape index (κ1) is 12.3. The first-order chi connectivity index (χ1) is 8.68. The van der Waals surface area contributed by atoms with Crippen molar-refractivity contribution < 1.29 is 9.18 Å². The molecule has 0 aliphatic rings. The Bertz CT molecular complexity index is 551. The quantitative estimate of drug-likeness (QED) is 0.866. The predicted molar refractivity (Wildman–Crippen MR) is 65.8 cm³/mol. The number of amides is 1. The lowest BCUT2D eigenvalue weighted by Gasteiger charge is -2.05. The first-order valence-electron chi connectivity index (χ1n) is 5.70. The topological polar surface area (TPSA) is 57.8 Å². The van der Waals surface area contributed by atoms with Crippen molar-refractivity contribution >= 4 is 5.91 Å². The fourth-order valence-corrected chi connectivity index (χ4v) is 1.69. The number of carbonyl (C=O) groups excluding carboxylic acids is 1. The summed E-state index contributed by atoms with van der Waals surface area (Å²) in [6.45, 7) is 2.17. The second-order valence-corrected chi connectivity index (χ2v) is 4.01. The maximum Gasteiger partial charge on any atom is 0.254 e. The Morgan fingerprint density at radius 2 is 2.22 bits per heavy atom. The predicted octanol–water partition coefficient (Wildman–Crippen LogP) is 1.83.